The fourth-order valence-corrected chi connectivity index (χ4v) is 3.58. The Morgan fingerprint density at radius 2 is 2.19 bits per heavy atom. The zero-order valence-corrected chi connectivity index (χ0v) is 11.6. The Morgan fingerprint density at radius 1 is 1.50 bits per heavy atom. The van der Waals surface area contributed by atoms with Gasteiger partial charge in [-0.1, -0.05) is 0 Å². The van der Waals surface area contributed by atoms with Crippen molar-refractivity contribution in [3.63, 3.8) is 0 Å². The van der Waals surface area contributed by atoms with E-state index in [2.05, 4.69) is 28.2 Å². The lowest BCUT2D eigenvalue weighted by Gasteiger charge is -2.25. The van der Waals surface area contributed by atoms with Crippen LogP contribution in [0, 0.1) is 0 Å². The third-order valence-corrected chi connectivity index (χ3v) is 4.70. The smallest absolute Gasteiger partial charge is 0.169 e. The molecule has 0 radical (unpaired) electrons. The second kappa shape index (κ2) is 5.47. The molecular weight excluding hydrogens is 290 g/mol. The maximum Gasteiger partial charge on any atom is 0.169 e. The molecule has 0 saturated carbocycles. The van der Waals surface area contributed by atoms with Crippen molar-refractivity contribution in [2.24, 2.45) is 0 Å². The van der Waals surface area contributed by atoms with Gasteiger partial charge in [-0.3, -0.25) is 4.21 Å². The molecule has 2 rings (SSSR count). The fraction of sp³-hybridized carbons (Fsp3) is 0.636. The highest BCUT2D eigenvalue weighted by atomic mass is 79.9. The van der Waals surface area contributed by atoms with Gasteiger partial charge in [0.2, 0.25) is 0 Å². The van der Waals surface area contributed by atoms with Gasteiger partial charge in [0.25, 0.3) is 0 Å². The summed E-state index contributed by atoms with van der Waals surface area (Å²) in [6, 6.07) is 4.56. The Labute approximate surface area is 107 Å². The molecule has 1 aliphatic rings. The molecule has 0 aromatic carbocycles. The number of rotatable bonds is 3. The topological polar surface area (TPSA) is 42.2 Å². The monoisotopic (exact) mass is 305 g/mol. The molecule has 0 aliphatic carbocycles. The zero-order chi connectivity index (χ0) is 11.5. The van der Waals surface area contributed by atoms with E-state index in [1.54, 1.807) is 0 Å². The summed E-state index contributed by atoms with van der Waals surface area (Å²) in [4.78, 5) is 0. The van der Waals surface area contributed by atoms with E-state index in [0.717, 1.165) is 34.8 Å². The van der Waals surface area contributed by atoms with Gasteiger partial charge in [0.05, 0.1) is 6.04 Å². The molecule has 1 N–H and O–H groups in total. The van der Waals surface area contributed by atoms with E-state index in [4.69, 9.17) is 4.42 Å². The van der Waals surface area contributed by atoms with Crippen molar-refractivity contribution in [2.45, 2.75) is 31.8 Å². The fourth-order valence-electron chi connectivity index (χ4n) is 1.96. The second-order valence-corrected chi connectivity index (χ2v) is 6.63. The standard InChI is InChI=1S/C11H16BrNO2S/c1-8(10-2-3-11(12)15-10)13-9-4-6-16(14)7-5-9/h2-3,8-9,13H,4-7H2,1H3. The summed E-state index contributed by atoms with van der Waals surface area (Å²) in [7, 11) is -0.587. The van der Waals surface area contributed by atoms with E-state index in [0.29, 0.717) is 6.04 Å². The van der Waals surface area contributed by atoms with Gasteiger partial charge in [-0.25, -0.2) is 0 Å². The minimum Gasteiger partial charge on any atom is -0.453 e. The molecule has 1 atom stereocenters. The quantitative estimate of drug-likeness (QED) is 0.933. The molecule has 3 nitrogen and oxygen atoms in total. The van der Waals surface area contributed by atoms with Crippen LogP contribution >= 0.6 is 15.9 Å². The highest BCUT2D eigenvalue weighted by Crippen LogP contribution is 2.22. The summed E-state index contributed by atoms with van der Waals surface area (Å²) in [5.41, 5.74) is 0. The van der Waals surface area contributed by atoms with Gasteiger partial charge in [-0.05, 0) is 47.8 Å². The van der Waals surface area contributed by atoms with Crippen LogP contribution in [0.2, 0.25) is 0 Å². The van der Waals surface area contributed by atoms with Crippen LogP contribution in [-0.4, -0.2) is 21.8 Å². The highest BCUT2D eigenvalue weighted by molar-refractivity contribution is 9.10. The molecule has 16 heavy (non-hydrogen) atoms. The average Bonchev–Trinajstić information content (AvgIpc) is 2.68. The Hall–Kier alpha value is -0.130. The third kappa shape index (κ3) is 3.18. The van der Waals surface area contributed by atoms with Crippen LogP contribution in [-0.2, 0) is 10.8 Å². The SMILES string of the molecule is CC(NC1CCS(=O)CC1)c1ccc(Br)o1. The Bertz CT molecular complexity index is 370. The number of furan rings is 1. The maximum atomic E-state index is 11.2. The highest BCUT2D eigenvalue weighted by Gasteiger charge is 2.20. The van der Waals surface area contributed by atoms with Crippen molar-refractivity contribution < 1.29 is 8.63 Å². The lowest BCUT2D eigenvalue weighted by Crippen LogP contribution is -2.37. The Morgan fingerprint density at radius 3 is 2.75 bits per heavy atom. The van der Waals surface area contributed by atoms with Crippen LogP contribution in [0.25, 0.3) is 0 Å². The van der Waals surface area contributed by atoms with E-state index < -0.39 is 10.8 Å². The van der Waals surface area contributed by atoms with Gasteiger partial charge < -0.3 is 9.73 Å². The molecule has 2 heterocycles. The van der Waals surface area contributed by atoms with Crippen molar-refractivity contribution >= 4 is 26.7 Å². The van der Waals surface area contributed by atoms with E-state index in [-0.39, 0.29) is 6.04 Å². The van der Waals surface area contributed by atoms with Crippen LogP contribution in [0.15, 0.2) is 21.2 Å². The van der Waals surface area contributed by atoms with Crippen LogP contribution in [0.5, 0.6) is 0 Å². The van der Waals surface area contributed by atoms with Gasteiger partial charge in [0.1, 0.15) is 5.76 Å². The van der Waals surface area contributed by atoms with Crippen LogP contribution in [0.3, 0.4) is 0 Å². The normalized spacial score (nSPS) is 27.9. The number of hydrogen-bond acceptors (Lipinski definition) is 3. The summed E-state index contributed by atoms with van der Waals surface area (Å²) in [5.74, 6) is 2.59. The lowest BCUT2D eigenvalue weighted by atomic mass is 10.1. The van der Waals surface area contributed by atoms with Gasteiger partial charge in [0, 0.05) is 28.3 Å². The van der Waals surface area contributed by atoms with Crippen molar-refractivity contribution in [3.8, 4) is 0 Å². The van der Waals surface area contributed by atoms with Crippen molar-refractivity contribution in [1.29, 1.82) is 0 Å². The molecule has 1 unspecified atom stereocenters. The molecule has 1 aromatic rings. The molecule has 1 aliphatic heterocycles. The maximum absolute atomic E-state index is 11.2. The van der Waals surface area contributed by atoms with Crippen molar-refractivity contribution in [2.75, 3.05) is 11.5 Å². The molecule has 0 spiro atoms. The summed E-state index contributed by atoms with van der Waals surface area (Å²) >= 11 is 3.30. The van der Waals surface area contributed by atoms with Crippen molar-refractivity contribution in [1.82, 2.24) is 5.32 Å². The van der Waals surface area contributed by atoms with E-state index in [1.807, 2.05) is 12.1 Å². The molecular formula is C11H16BrNO2S. The summed E-state index contributed by atoms with van der Waals surface area (Å²) in [5, 5.41) is 3.52. The summed E-state index contributed by atoms with van der Waals surface area (Å²) in [6.45, 7) is 2.09. The molecule has 1 fully saturated rings. The van der Waals surface area contributed by atoms with Gasteiger partial charge >= 0.3 is 0 Å². The molecule has 1 saturated heterocycles. The van der Waals surface area contributed by atoms with Crippen LogP contribution in [0.1, 0.15) is 31.6 Å². The minimum atomic E-state index is -0.587. The van der Waals surface area contributed by atoms with Gasteiger partial charge in [0.15, 0.2) is 4.67 Å². The number of hydrogen-bond donors (Lipinski definition) is 1. The largest absolute Gasteiger partial charge is 0.453 e. The van der Waals surface area contributed by atoms with Crippen molar-refractivity contribution in [3.05, 3.63) is 22.6 Å². The molecule has 5 heteroatoms. The third-order valence-electron chi connectivity index (χ3n) is 2.89. The first-order valence-corrected chi connectivity index (χ1v) is 7.79. The minimum absolute atomic E-state index is 0.211. The Kier molecular flexibility index (Phi) is 4.21. The van der Waals surface area contributed by atoms with Gasteiger partial charge in [-0.15, -0.1) is 0 Å². The zero-order valence-electron chi connectivity index (χ0n) is 9.24. The summed E-state index contributed by atoms with van der Waals surface area (Å²) in [6.07, 6.45) is 2.00. The number of halogens is 1. The molecule has 0 amide bonds. The van der Waals surface area contributed by atoms with E-state index >= 15 is 0 Å². The molecule has 1 aromatic heterocycles. The lowest BCUT2D eigenvalue weighted by molar-refractivity contribution is 0.367. The van der Waals surface area contributed by atoms with Crippen LogP contribution < -0.4 is 5.32 Å². The van der Waals surface area contributed by atoms with E-state index in [1.165, 1.54) is 0 Å². The first-order chi connectivity index (χ1) is 7.65. The first-order valence-electron chi connectivity index (χ1n) is 5.51. The Balaban J connectivity index is 1.87. The average molecular weight is 306 g/mol. The number of nitrogens with one attached hydrogen (secondary N) is 1. The second-order valence-electron chi connectivity index (χ2n) is 4.15. The van der Waals surface area contributed by atoms with Gasteiger partial charge in [-0.2, -0.15) is 0 Å². The molecule has 0 bridgehead atoms. The summed E-state index contributed by atoms with van der Waals surface area (Å²) < 4.78 is 17.5. The van der Waals surface area contributed by atoms with Crippen LogP contribution in [0.4, 0.5) is 0 Å². The first kappa shape index (κ1) is 12.3. The predicted molar refractivity (Wildman–Crippen MR) is 68.9 cm³/mol. The van der Waals surface area contributed by atoms with E-state index in [9.17, 15) is 4.21 Å². The predicted octanol–water partition coefficient (Wildman–Crippen LogP) is 2.60. The molecule has 90 valence electrons.